The predicted molar refractivity (Wildman–Crippen MR) is 284 cm³/mol. The second kappa shape index (κ2) is 49.5. The largest absolute Gasteiger partial charge is 0.472 e. The lowest BCUT2D eigenvalue weighted by Crippen LogP contribution is -2.37. The van der Waals surface area contributed by atoms with E-state index in [1.807, 2.05) is 21.1 Å². The van der Waals surface area contributed by atoms with Crippen molar-refractivity contribution in [3.63, 3.8) is 0 Å². The summed E-state index contributed by atoms with van der Waals surface area (Å²) < 4.78 is 34.4. The summed E-state index contributed by atoms with van der Waals surface area (Å²) in [5.41, 5.74) is 0. The zero-order chi connectivity index (χ0) is 49.2. The van der Waals surface area contributed by atoms with Gasteiger partial charge in [0.2, 0.25) is 0 Å². The highest BCUT2D eigenvalue weighted by molar-refractivity contribution is 7.47. The number of likely N-dealkylation sites (N-methyl/N-ethyl adjacent to an activating group) is 1. The molecule has 2 unspecified atom stereocenters. The van der Waals surface area contributed by atoms with Crippen molar-refractivity contribution in [3.05, 3.63) is 24.3 Å². The molecule has 0 aliphatic heterocycles. The van der Waals surface area contributed by atoms with Crippen molar-refractivity contribution in [2.75, 3.05) is 47.5 Å². The second-order valence-corrected chi connectivity index (χ2v) is 22.1. The predicted octanol–water partition coefficient (Wildman–Crippen LogP) is 17.4. The molecule has 0 aliphatic rings. The van der Waals surface area contributed by atoms with Crippen LogP contribution in [-0.2, 0) is 32.7 Å². The molecule has 0 aromatic carbocycles. The minimum absolute atomic E-state index is 0.0328. The fourth-order valence-electron chi connectivity index (χ4n) is 8.25. The first-order chi connectivity index (χ1) is 32.5. The number of esters is 2. The van der Waals surface area contributed by atoms with Crippen LogP contribution in [-0.4, -0.2) is 74.9 Å². The minimum atomic E-state index is -4.38. The average Bonchev–Trinajstić information content (AvgIpc) is 3.29. The highest BCUT2D eigenvalue weighted by Gasteiger charge is 2.27. The summed E-state index contributed by atoms with van der Waals surface area (Å²) in [6.07, 6.45) is 58.5. The van der Waals surface area contributed by atoms with Gasteiger partial charge in [-0.05, 0) is 57.8 Å². The first-order valence-electron chi connectivity index (χ1n) is 28.6. The van der Waals surface area contributed by atoms with Crippen molar-refractivity contribution in [2.24, 2.45) is 0 Å². The maximum Gasteiger partial charge on any atom is 0.472 e. The number of ether oxygens (including phenoxy) is 2. The van der Waals surface area contributed by atoms with Gasteiger partial charge in [-0.1, -0.05) is 231 Å². The SMILES string of the molecule is CCC/C=C\CCCCCCCC(=O)OCC(COP(=O)(O)OCC[N+](C)(C)C)OC(=O)CCCCCCCCCCCCCCCCCCCCCCC/C=C\CCCCCCCCCC. The van der Waals surface area contributed by atoms with E-state index in [1.165, 1.54) is 186 Å². The third-order valence-electron chi connectivity index (χ3n) is 12.7. The monoisotopic (exact) mass is 969 g/mol. The van der Waals surface area contributed by atoms with E-state index in [0.29, 0.717) is 17.4 Å². The Hall–Kier alpha value is -1.51. The zero-order valence-corrected chi connectivity index (χ0v) is 45.8. The number of allylic oxidation sites excluding steroid dienone is 4. The van der Waals surface area contributed by atoms with Crippen LogP contribution in [0.1, 0.15) is 277 Å². The quantitative estimate of drug-likeness (QED) is 0.0211. The zero-order valence-electron chi connectivity index (χ0n) is 44.9. The molecule has 0 rings (SSSR count). The van der Waals surface area contributed by atoms with Gasteiger partial charge >= 0.3 is 19.8 Å². The summed E-state index contributed by atoms with van der Waals surface area (Å²) in [4.78, 5) is 35.5. The van der Waals surface area contributed by atoms with Crippen LogP contribution < -0.4 is 0 Å². The number of hydrogen-bond donors (Lipinski definition) is 1. The summed E-state index contributed by atoms with van der Waals surface area (Å²) >= 11 is 0. The molecule has 0 saturated heterocycles. The van der Waals surface area contributed by atoms with E-state index < -0.39 is 26.5 Å². The van der Waals surface area contributed by atoms with Gasteiger partial charge in [0.05, 0.1) is 27.7 Å². The molecule has 0 heterocycles. The fourth-order valence-corrected chi connectivity index (χ4v) is 8.99. The van der Waals surface area contributed by atoms with Crippen LogP contribution in [0.2, 0.25) is 0 Å². The van der Waals surface area contributed by atoms with Gasteiger partial charge in [-0.15, -0.1) is 0 Å². The molecular formula is C57H111NO8P+. The van der Waals surface area contributed by atoms with Crippen molar-refractivity contribution < 1.29 is 42.1 Å². The van der Waals surface area contributed by atoms with Gasteiger partial charge in [0.25, 0.3) is 0 Å². The molecule has 1 N–H and O–H groups in total. The molecule has 0 aliphatic carbocycles. The topological polar surface area (TPSA) is 108 Å². The Morgan fingerprint density at radius 1 is 0.448 bits per heavy atom. The number of unbranched alkanes of at least 4 members (excludes halogenated alkanes) is 35. The molecule has 396 valence electrons. The normalized spacial score (nSPS) is 13.5. The lowest BCUT2D eigenvalue weighted by atomic mass is 10.0. The van der Waals surface area contributed by atoms with Crippen LogP contribution in [0.4, 0.5) is 0 Å². The van der Waals surface area contributed by atoms with Gasteiger partial charge in [-0.25, -0.2) is 4.57 Å². The summed E-state index contributed by atoms with van der Waals surface area (Å²) in [6.45, 7) is 4.39. The van der Waals surface area contributed by atoms with E-state index in [2.05, 4.69) is 38.2 Å². The number of phosphoric acid groups is 1. The highest BCUT2D eigenvalue weighted by Crippen LogP contribution is 2.43. The number of carbonyl (C=O) groups excluding carboxylic acids is 2. The molecule has 0 bridgehead atoms. The molecule has 2 atom stereocenters. The molecule has 9 nitrogen and oxygen atoms in total. The van der Waals surface area contributed by atoms with E-state index >= 15 is 0 Å². The maximum atomic E-state index is 12.8. The number of rotatable bonds is 53. The molecule has 0 aromatic rings. The fraction of sp³-hybridized carbons (Fsp3) is 0.895. The number of carbonyl (C=O) groups is 2. The van der Waals surface area contributed by atoms with Crippen molar-refractivity contribution >= 4 is 19.8 Å². The lowest BCUT2D eigenvalue weighted by Gasteiger charge is -2.24. The van der Waals surface area contributed by atoms with Crippen LogP contribution in [0.25, 0.3) is 0 Å². The maximum absolute atomic E-state index is 12.8. The lowest BCUT2D eigenvalue weighted by molar-refractivity contribution is -0.870. The number of nitrogens with zero attached hydrogens (tertiary/aromatic N) is 1. The summed E-state index contributed by atoms with van der Waals surface area (Å²) in [5, 5.41) is 0. The van der Waals surface area contributed by atoms with Gasteiger partial charge in [-0.2, -0.15) is 0 Å². The first kappa shape index (κ1) is 65.5. The molecule has 0 spiro atoms. The van der Waals surface area contributed by atoms with Gasteiger partial charge in [0, 0.05) is 12.8 Å². The van der Waals surface area contributed by atoms with Crippen molar-refractivity contribution in [2.45, 2.75) is 283 Å². The minimum Gasteiger partial charge on any atom is -0.462 e. The Labute approximate surface area is 415 Å². The van der Waals surface area contributed by atoms with Crippen LogP contribution in [0.5, 0.6) is 0 Å². The number of quaternary nitrogens is 1. The molecule has 0 aromatic heterocycles. The van der Waals surface area contributed by atoms with Crippen molar-refractivity contribution in [1.82, 2.24) is 0 Å². The van der Waals surface area contributed by atoms with Crippen molar-refractivity contribution in [1.29, 1.82) is 0 Å². The molecule has 10 heteroatoms. The van der Waals surface area contributed by atoms with Crippen LogP contribution in [0.3, 0.4) is 0 Å². The Bertz CT molecular complexity index is 1190. The first-order valence-corrected chi connectivity index (χ1v) is 30.1. The molecule has 0 saturated carbocycles. The standard InChI is InChI=1S/C57H110NO8P/c1-6-8-10-12-14-16-18-19-20-21-22-23-24-25-26-27-28-29-30-31-32-33-34-35-36-37-38-39-40-42-44-46-48-50-57(60)66-55(54-65-67(61,62)64-52-51-58(3,4)5)53-63-56(59)49-47-45-43-41-17-15-13-11-9-7-2/h11,13,21-22,55H,6-10,12,14-20,23-54H2,1-5H3/p+1/b13-11-,22-21-. The Balaban J connectivity index is 3.92. The van der Waals surface area contributed by atoms with Crippen LogP contribution in [0, 0.1) is 0 Å². The van der Waals surface area contributed by atoms with Gasteiger partial charge in [0.1, 0.15) is 19.8 Å². The summed E-state index contributed by atoms with van der Waals surface area (Å²) in [6, 6.07) is 0. The van der Waals surface area contributed by atoms with E-state index in [1.54, 1.807) is 0 Å². The number of phosphoric ester groups is 1. The molecule has 0 amide bonds. The van der Waals surface area contributed by atoms with Crippen LogP contribution >= 0.6 is 7.82 Å². The van der Waals surface area contributed by atoms with Gasteiger partial charge < -0.3 is 18.9 Å². The smallest absolute Gasteiger partial charge is 0.462 e. The van der Waals surface area contributed by atoms with Crippen molar-refractivity contribution in [3.8, 4) is 0 Å². The van der Waals surface area contributed by atoms with E-state index in [0.717, 1.165) is 57.8 Å². The van der Waals surface area contributed by atoms with Gasteiger partial charge in [0.15, 0.2) is 6.10 Å². The molecule has 0 radical (unpaired) electrons. The second-order valence-electron chi connectivity index (χ2n) is 20.7. The summed E-state index contributed by atoms with van der Waals surface area (Å²) in [7, 11) is 1.48. The van der Waals surface area contributed by atoms with E-state index in [-0.39, 0.29) is 32.0 Å². The van der Waals surface area contributed by atoms with Crippen LogP contribution in [0.15, 0.2) is 24.3 Å². The highest BCUT2D eigenvalue weighted by atomic mass is 31.2. The molecule has 0 fully saturated rings. The Kier molecular flexibility index (Phi) is 48.4. The molecular weight excluding hydrogens is 858 g/mol. The summed E-state index contributed by atoms with van der Waals surface area (Å²) in [5.74, 6) is -0.799. The Morgan fingerprint density at radius 2 is 0.791 bits per heavy atom. The van der Waals surface area contributed by atoms with E-state index in [9.17, 15) is 19.0 Å². The van der Waals surface area contributed by atoms with E-state index in [4.69, 9.17) is 18.5 Å². The molecule has 67 heavy (non-hydrogen) atoms. The third-order valence-corrected chi connectivity index (χ3v) is 13.7. The Morgan fingerprint density at radius 3 is 1.16 bits per heavy atom. The van der Waals surface area contributed by atoms with Gasteiger partial charge in [-0.3, -0.25) is 18.6 Å². The average molecular weight is 969 g/mol. The third kappa shape index (κ3) is 53.7. The number of hydrogen-bond acceptors (Lipinski definition) is 7.